The van der Waals surface area contributed by atoms with Crippen molar-refractivity contribution in [2.24, 2.45) is 0 Å². The maximum absolute atomic E-state index is 12.9. The van der Waals surface area contributed by atoms with E-state index in [0.29, 0.717) is 5.56 Å². The molecule has 1 aromatic heterocycles. The summed E-state index contributed by atoms with van der Waals surface area (Å²) in [6.45, 7) is 0. The van der Waals surface area contributed by atoms with Crippen LogP contribution in [0.25, 0.3) is 16.2 Å². The largest absolute Gasteiger partial charge is 0.476 e. The van der Waals surface area contributed by atoms with Gasteiger partial charge in [-0.05, 0) is 28.5 Å². The molecule has 0 radical (unpaired) electrons. The van der Waals surface area contributed by atoms with Crippen LogP contribution in [-0.2, 0) is 4.79 Å². The fourth-order valence-corrected chi connectivity index (χ4v) is 2.23. The van der Waals surface area contributed by atoms with E-state index in [0.717, 1.165) is 16.2 Å². The normalized spacial score (nSPS) is 11.9. The predicted octanol–water partition coefficient (Wildman–Crippen LogP) is 3.30. The third-order valence-electron chi connectivity index (χ3n) is 2.00. The lowest BCUT2D eigenvalue weighted by Gasteiger charge is -1.91. The fraction of sp³-hybridized carbons (Fsp3) is 0. The Kier molecular flexibility index (Phi) is 2.51. The smallest absolute Gasteiger partial charge is 0.364 e. The molecular weight excluding hydrogens is 215 g/mol. The summed E-state index contributed by atoms with van der Waals surface area (Å²) in [5, 5.41) is 11.0. The lowest BCUT2D eigenvalue weighted by Crippen LogP contribution is -1.93. The molecule has 4 heteroatoms. The summed E-state index contributed by atoms with van der Waals surface area (Å²) < 4.78 is 13.9. The lowest BCUT2D eigenvalue weighted by molar-refractivity contribution is -0.134. The van der Waals surface area contributed by atoms with Gasteiger partial charge in [0.1, 0.15) is 0 Å². The maximum atomic E-state index is 12.9. The van der Waals surface area contributed by atoms with Gasteiger partial charge in [0.15, 0.2) is 0 Å². The molecule has 1 N–H and O–H groups in total. The second kappa shape index (κ2) is 3.82. The highest BCUT2D eigenvalue weighted by Crippen LogP contribution is 2.27. The van der Waals surface area contributed by atoms with Crippen molar-refractivity contribution >= 4 is 33.5 Å². The summed E-state index contributed by atoms with van der Waals surface area (Å²) in [5.41, 5.74) is 0.607. The number of carbonyl (C=O) groups is 1. The molecule has 0 spiro atoms. The van der Waals surface area contributed by atoms with Gasteiger partial charge in [0.05, 0.1) is 0 Å². The number of carboxylic acid groups (broad SMARTS) is 1. The zero-order chi connectivity index (χ0) is 10.8. The molecule has 0 aliphatic heterocycles. The molecule has 2 rings (SSSR count). The van der Waals surface area contributed by atoms with Crippen LogP contribution in [0.15, 0.2) is 35.5 Å². The highest BCUT2D eigenvalue weighted by Gasteiger charge is 2.07. The van der Waals surface area contributed by atoms with E-state index in [1.54, 1.807) is 5.38 Å². The molecule has 0 unspecified atom stereocenters. The Morgan fingerprint density at radius 3 is 2.87 bits per heavy atom. The Hall–Kier alpha value is -1.68. The van der Waals surface area contributed by atoms with Crippen molar-refractivity contribution in [2.75, 3.05) is 0 Å². The number of aliphatic carboxylic acids is 1. The Labute approximate surface area is 89.3 Å². The first kappa shape index (κ1) is 9.86. The van der Waals surface area contributed by atoms with Crippen LogP contribution < -0.4 is 0 Å². The zero-order valence-electron chi connectivity index (χ0n) is 7.61. The fourth-order valence-electron chi connectivity index (χ4n) is 1.31. The summed E-state index contributed by atoms with van der Waals surface area (Å²) in [4.78, 5) is 10.3. The predicted molar refractivity (Wildman–Crippen MR) is 58.5 cm³/mol. The highest BCUT2D eigenvalue weighted by molar-refractivity contribution is 7.17. The molecule has 0 saturated heterocycles. The molecule has 2 aromatic rings. The van der Waals surface area contributed by atoms with E-state index in [-0.39, 0.29) is 0 Å². The first-order chi connectivity index (χ1) is 7.18. The number of halogens is 1. The van der Waals surface area contributed by atoms with Crippen LogP contribution in [0.5, 0.6) is 0 Å². The van der Waals surface area contributed by atoms with E-state index in [2.05, 4.69) is 0 Å². The van der Waals surface area contributed by atoms with Gasteiger partial charge in [-0.1, -0.05) is 18.2 Å². The molecule has 1 aromatic carbocycles. The molecule has 0 amide bonds. The summed E-state index contributed by atoms with van der Waals surface area (Å²) in [6, 6.07) is 7.48. The Morgan fingerprint density at radius 2 is 2.13 bits per heavy atom. The van der Waals surface area contributed by atoms with E-state index >= 15 is 0 Å². The highest BCUT2D eigenvalue weighted by atomic mass is 32.1. The number of fused-ring (bicyclic) bond motifs is 1. The minimum absolute atomic E-state index is 0.607. The SMILES string of the molecule is O=C(O)/C(F)=C/c1csc2ccccc12. The minimum Gasteiger partial charge on any atom is -0.476 e. The molecule has 1 heterocycles. The van der Waals surface area contributed by atoms with Gasteiger partial charge in [0.2, 0.25) is 5.83 Å². The molecule has 0 atom stereocenters. The van der Waals surface area contributed by atoms with Gasteiger partial charge in [-0.2, -0.15) is 4.39 Å². The number of carboxylic acids is 1. The summed E-state index contributed by atoms with van der Waals surface area (Å²) >= 11 is 1.46. The first-order valence-electron chi connectivity index (χ1n) is 4.25. The average Bonchev–Trinajstić information content (AvgIpc) is 2.62. The van der Waals surface area contributed by atoms with Gasteiger partial charge in [0.25, 0.3) is 0 Å². The van der Waals surface area contributed by atoms with E-state index in [1.165, 1.54) is 11.3 Å². The monoisotopic (exact) mass is 222 g/mol. The third-order valence-corrected chi connectivity index (χ3v) is 2.98. The number of thiophene rings is 1. The van der Waals surface area contributed by atoms with Gasteiger partial charge in [0, 0.05) is 4.70 Å². The molecule has 0 saturated carbocycles. The van der Waals surface area contributed by atoms with Crippen molar-refractivity contribution in [1.82, 2.24) is 0 Å². The van der Waals surface area contributed by atoms with Crippen molar-refractivity contribution in [3.05, 3.63) is 41.0 Å². The van der Waals surface area contributed by atoms with Crippen LogP contribution >= 0.6 is 11.3 Å². The summed E-state index contributed by atoms with van der Waals surface area (Å²) in [6.07, 6.45) is 1.04. The Balaban J connectivity index is 2.54. The van der Waals surface area contributed by atoms with Crippen molar-refractivity contribution in [2.45, 2.75) is 0 Å². The van der Waals surface area contributed by atoms with Crippen LogP contribution in [0.3, 0.4) is 0 Å². The van der Waals surface area contributed by atoms with Gasteiger partial charge >= 0.3 is 5.97 Å². The first-order valence-corrected chi connectivity index (χ1v) is 5.13. The van der Waals surface area contributed by atoms with Crippen LogP contribution in [0.4, 0.5) is 4.39 Å². The molecule has 0 aliphatic rings. The molecule has 0 bridgehead atoms. The molecule has 0 aliphatic carbocycles. The second-order valence-corrected chi connectivity index (χ2v) is 3.90. The number of rotatable bonds is 2. The van der Waals surface area contributed by atoms with Gasteiger partial charge < -0.3 is 5.11 Å². The van der Waals surface area contributed by atoms with E-state index < -0.39 is 11.8 Å². The average molecular weight is 222 g/mol. The van der Waals surface area contributed by atoms with Crippen molar-refractivity contribution in [3.8, 4) is 0 Å². The van der Waals surface area contributed by atoms with Crippen molar-refractivity contribution < 1.29 is 14.3 Å². The quantitative estimate of drug-likeness (QED) is 0.791. The molecule has 2 nitrogen and oxygen atoms in total. The zero-order valence-corrected chi connectivity index (χ0v) is 8.42. The van der Waals surface area contributed by atoms with Crippen LogP contribution in [0.2, 0.25) is 0 Å². The van der Waals surface area contributed by atoms with E-state index in [1.807, 2.05) is 24.3 Å². The number of hydrogen-bond donors (Lipinski definition) is 1. The summed E-state index contributed by atoms with van der Waals surface area (Å²) in [7, 11) is 0. The van der Waals surface area contributed by atoms with Crippen LogP contribution in [0, 0.1) is 0 Å². The molecular formula is C11H7FO2S. The van der Waals surface area contributed by atoms with Gasteiger partial charge in [-0.25, -0.2) is 4.79 Å². The Morgan fingerprint density at radius 1 is 1.40 bits per heavy atom. The summed E-state index contributed by atoms with van der Waals surface area (Å²) in [5.74, 6) is -2.68. The lowest BCUT2D eigenvalue weighted by atomic mass is 10.1. The second-order valence-electron chi connectivity index (χ2n) is 2.98. The molecule has 15 heavy (non-hydrogen) atoms. The third kappa shape index (κ3) is 1.89. The van der Waals surface area contributed by atoms with Crippen LogP contribution in [-0.4, -0.2) is 11.1 Å². The maximum Gasteiger partial charge on any atom is 0.364 e. The van der Waals surface area contributed by atoms with Gasteiger partial charge in [-0.3, -0.25) is 0 Å². The van der Waals surface area contributed by atoms with Gasteiger partial charge in [-0.15, -0.1) is 11.3 Å². The molecule has 0 fully saturated rings. The number of hydrogen-bond acceptors (Lipinski definition) is 2. The van der Waals surface area contributed by atoms with Crippen LogP contribution in [0.1, 0.15) is 5.56 Å². The minimum atomic E-state index is -1.54. The number of benzene rings is 1. The van der Waals surface area contributed by atoms with Crippen molar-refractivity contribution in [1.29, 1.82) is 0 Å². The van der Waals surface area contributed by atoms with Crippen molar-refractivity contribution in [3.63, 3.8) is 0 Å². The topological polar surface area (TPSA) is 37.3 Å². The standard InChI is InChI=1S/C11H7FO2S/c12-9(11(13)14)5-7-6-15-10-4-2-1-3-8(7)10/h1-6H,(H,13,14)/b9-5-. The van der Waals surface area contributed by atoms with E-state index in [9.17, 15) is 9.18 Å². The Bertz CT molecular complexity index is 542. The van der Waals surface area contributed by atoms with E-state index in [4.69, 9.17) is 5.11 Å². The molecule has 76 valence electrons.